The van der Waals surface area contributed by atoms with Gasteiger partial charge in [0, 0.05) is 12.2 Å². The van der Waals surface area contributed by atoms with E-state index in [2.05, 4.69) is 0 Å². The smallest absolute Gasteiger partial charge is 0.128 e. The van der Waals surface area contributed by atoms with Crippen LogP contribution in [0.15, 0.2) is 12.1 Å². The SMILES string of the molecule is Cc1cc(F)c(C(Cl)CCC2CCCCO2)cc1F. The highest BCUT2D eigenvalue weighted by Crippen LogP contribution is 2.31. The second-order valence-corrected chi connectivity index (χ2v) is 5.68. The largest absolute Gasteiger partial charge is 0.378 e. The summed E-state index contributed by atoms with van der Waals surface area (Å²) in [5, 5.41) is -0.499. The first-order valence-corrected chi connectivity index (χ1v) is 7.23. The molecule has 0 N–H and O–H groups in total. The molecule has 1 fully saturated rings. The first-order chi connectivity index (χ1) is 9.08. The fourth-order valence-corrected chi connectivity index (χ4v) is 2.72. The van der Waals surface area contributed by atoms with Gasteiger partial charge in [0.2, 0.25) is 0 Å². The molecule has 0 aliphatic carbocycles. The lowest BCUT2D eigenvalue weighted by molar-refractivity contribution is 0.00997. The second-order valence-electron chi connectivity index (χ2n) is 5.16. The summed E-state index contributed by atoms with van der Waals surface area (Å²) in [7, 11) is 0. The van der Waals surface area contributed by atoms with E-state index in [4.69, 9.17) is 16.3 Å². The maximum Gasteiger partial charge on any atom is 0.128 e. The lowest BCUT2D eigenvalue weighted by atomic mass is 10.00. The third-order valence-electron chi connectivity index (χ3n) is 3.63. The van der Waals surface area contributed by atoms with Crippen LogP contribution < -0.4 is 0 Å². The fraction of sp³-hybridized carbons (Fsp3) is 0.600. The summed E-state index contributed by atoms with van der Waals surface area (Å²) in [5.41, 5.74) is 0.557. The lowest BCUT2D eigenvalue weighted by Crippen LogP contribution is -2.19. The molecule has 1 nitrogen and oxygen atoms in total. The summed E-state index contributed by atoms with van der Waals surface area (Å²) in [4.78, 5) is 0. The van der Waals surface area contributed by atoms with Crippen molar-refractivity contribution in [2.24, 2.45) is 0 Å². The standard InChI is InChI=1S/C15H19ClF2O/c1-10-8-15(18)12(9-14(10)17)13(16)6-5-11-4-2-3-7-19-11/h8-9,11,13H,2-7H2,1H3. The van der Waals surface area contributed by atoms with E-state index in [1.807, 2.05) is 0 Å². The monoisotopic (exact) mass is 288 g/mol. The highest BCUT2D eigenvalue weighted by molar-refractivity contribution is 6.20. The van der Waals surface area contributed by atoms with Gasteiger partial charge < -0.3 is 4.74 Å². The number of halogens is 3. The second kappa shape index (κ2) is 6.67. The molecule has 0 bridgehead atoms. The number of rotatable bonds is 4. The minimum atomic E-state index is -0.499. The van der Waals surface area contributed by atoms with Crippen LogP contribution in [0.3, 0.4) is 0 Å². The molecule has 0 spiro atoms. The van der Waals surface area contributed by atoms with E-state index in [0.29, 0.717) is 12.0 Å². The van der Waals surface area contributed by atoms with Gasteiger partial charge in [-0.2, -0.15) is 0 Å². The average Bonchev–Trinajstić information content (AvgIpc) is 2.41. The Morgan fingerprint density at radius 2 is 2.11 bits per heavy atom. The van der Waals surface area contributed by atoms with Crippen molar-refractivity contribution in [3.8, 4) is 0 Å². The Balaban J connectivity index is 1.95. The molecule has 1 saturated heterocycles. The Labute approximate surface area is 117 Å². The highest BCUT2D eigenvalue weighted by Gasteiger charge is 2.19. The van der Waals surface area contributed by atoms with Gasteiger partial charge in [-0.3, -0.25) is 0 Å². The van der Waals surface area contributed by atoms with Gasteiger partial charge in [0.05, 0.1) is 11.5 Å². The summed E-state index contributed by atoms with van der Waals surface area (Å²) in [6.07, 6.45) is 4.93. The minimum absolute atomic E-state index is 0.216. The predicted molar refractivity (Wildman–Crippen MR) is 72.5 cm³/mol. The minimum Gasteiger partial charge on any atom is -0.378 e. The number of ether oxygens (including phenoxy) is 1. The molecule has 1 aliphatic rings. The number of aryl methyl sites for hydroxylation is 1. The molecule has 106 valence electrons. The molecule has 1 aliphatic heterocycles. The van der Waals surface area contributed by atoms with Crippen molar-refractivity contribution in [1.82, 2.24) is 0 Å². The molecule has 19 heavy (non-hydrogen) atoms. The van der Waals surface area contributed by atoms with Gasteiger partial charge in [-0.1, -0.05) is 0 Å². The zero-order chi connectivity index (χ0) is 13.8. The third-order valence-corrected chi connectivity index (χ3v) is 4.08. The quantitative estimate of drug-likeness (QED) is 0.716. The maximum absolute atomic E-state index is 13.8. The Bertz CT molecular complexity index is 430. The molecular weight excluding hydrogens is 270 g/mol. The van der Waals surface area contributed by atoms with E-state index in [1.165, 1.54) is 18.6 Å². The van der Waals surface area contributed by atoms with E-state index in [1.54, 1.807) is 6.92 Å². The molecule has 0 aromatic heterocycles. The Morgan fingerprint density at radius 3 is 2.79 bits per heavy atom. The lowest BCUT2D eigenvalue weighted by Gasteiger charge is -2.23. The topological polar surface area (TPSA) is 9.23 Å². The zero-order valence-electron chi connectivity index (χ0n) is 11.1. The summed E-state index contributed by atoms with van der Waals surface area (Å²) in [6, 6.07) is 2.42. The van der Waals surface area contributed by atoms with Crippen LogP contribution in [0, 0.1) is 18.6 Å². The van der Waals surface area contributed by atoms with Gasteiger partial charge >= 0.3 is 0 Å². The van der Waals surface area contributed by atoms with E-state index in [0.717, 1.165) is 25.9 Å². The van der Waals surface area contributed by atoms with Crippen molar-refractivity contribution in [2.75, 3.05) is 6.61 Å². The molecule has 2 rings (SSSR count). The fourth-order valence-electron chi connectivity index (χ4n) is 2.42. The molecule has 1 heterocycles. The normalized spacial score (nSPS) is 21.4. The Hall–Kier alpha value is -0.670. The van der Waals surface area contributed by atoms with Crippen LogP contribution >= 0.6 is 11.6 Å². The van der Waals surface area contributed by atoms with Crippen molar-refractivity contribution in [3.05, 3.63) is 34.9 Å². The highest BCUT2D eigenvalue weighted by atomic mass is 35.5. The third kappa shape index (κ3) is 3.90. The predicted octanol–water partition coefficient (Wildman–Crippen LogP) is 4.90. The number of hydrogen-bond donors (Lipinski definition) is 0. The van der Waals surface area contributed by atoms with E-state index >= 15 is 0 Å². The van der Waals surface area contributed by atoms with Crippen LogP contribution in [0.2, 0.25) is 0 Å². The van der Waals surface area contributed by atoms with Crippen molar-refractivity contribution in [3.63, 3.8) is 0 Å². The Morgan fingerprint density at radius 1 is 1.32 bits per heavy atom. The van der Waals surface area contributed by atoms with Crippen molar-refractivity contribution < 1.29 is 13.5 Å². The number of benzene rings is 1. The first kappa shape index (κ1) is 14.7. The summed E-state index contributed by atoms with van der Waals surface area (Å²) in [6.45, 7) is 2.34. The van der Waals surface area contributed by atoms with E-state index < -0.39 is 17.0 Å². The summed E-state index contributed by atoms with van der Waals surface area (Å²) in [5.74, 6) is -0.834. The molecular formula is C15H19ClF2O. The molecule has 4 heteroatoms. The molecule has 1 aromatic rings. The van der Waals surface area contributed by atoms with E-state index in [9.17, 15) is 8.78 Å². The van der Waals surface area contributed by atoms with Crippen molar-refractivity contribution in [2.45, 2.75) is 50.5 Å². The van der Waals surface area contributed by atoms with Crippen LogP contribution in [-0.4, -0.2) is 12.7 Å². The van der Waals surface area contributed by atoms with Crippen LogP contribution in [0.5, 0.6) is 0 Å². The van der Waals surface area contributed by atoms with Crippen LogP contribution in [-0.2, 0) is 4.74 Å². The molecule has 2 unspecified atom stereocenters. The van der Waals surface area contributed by atoms with E-state index in [-0.39, 0.29) is 11.7 Å². The molecule has 2 atom stereocenters. The molecule has 0 amide bonds. The van der Waals surface area contributed by atoms with Gasteiger partial charge in [-0.15, -0.1) is 11.6 Å². The molecule has 0 radical (unpaired) electrons. The van der Waals surface area contributed by atoms with Gasteiger partial charge in [0.25, 0.3) is 0 Å². The summed E-state index contributed by atoms with van der Waals surface area (Å²) < 4.78 is 32.8. The maximum atomic E-state index is 13.8. The van der Waals surface area contributed by atoms with Crippen molar-refractivity contribution in [1.29, 1.82) is 0 Å². The number of hydrogen-bond acceptors (Lipinski definition) is 1. The zero-order valence-corrected chi connectivity index (χ0v) is 11.9. The average molecular weight is 289 g/mol. The van der Waals surface area contributed by atoms with Gasteiger partial charge in [0.1, 0.15) is 11.6 Å². The van der Waals surface area contributed by atoms with Gasteiger partial charge in [-0.05, 0) is 56.7 Å². The van der Waals surface area contributed by atoms with Crippen LogP contribution in [0.1, 0.15) is 48.6 Å². The van der Waals surface area contributed by atoms with Gasteiger partial charge in [0.15, 0.2) is 0 Å². The number of alkyl halides is 1. The molecule has 1 aromatic carbocycles. The Kier molecular flexibility index (Phi) is 5.17. The van der Waals surface area contributed by atoms with Crippen LogP contribution in [0.4, 0.5) is 8.78 Å². The first-order valence-electron chi connectivity index (χ1n) is 6.79. The van der Waals surface area contributed by atoms with Crippen molar-refractivity contribution >= 4 is 11.6 Å². The molecule has 0 saturated carbocycles. The summed E-state index contributed by atoms with van der Waals surface area (Å²) >= 11 is 6.19. The van der Waals surface area contributed by atoms with Gasteiger partial charge in [-0.25, -0.2) is 8.78 Å². The van der Waals surface area contributed by atoms with Crippen LogP contribution in [0.25, 0.3) is 0 Å².